The van der Waals surface area contributed by atoms with E-state index in [2.05, 4.69) is 39.6 Å². The lowest BCUT2D eigenvalue weighted by Gasteiger charge is -2.30. The van der Waals surface area contributed by atoms with Gasteiger partial charge >= 0.3 is 0 Å². The van der Waals surface area contributed by atoms with Crippen molar-refractivity contribution < 1.29 is 4.79 Å². The van der Waals surface area contributed by atoms with Crippen LogP contribution in [0.25, 0.3) is 0 Å². The average Bonchev–Trinajstić information content (AvgIpc) is 3.19. The van der Waals surface area contributed by atoms with E-state index in [0.717, 1.165) is 39.5 Å². The van der Waals surface area contributed by atoms with E-state index in [4.69, 9.17) is 0 Å². The van der Waals surface area contributed by atoms with Crippen LogP contribution in [0.4, 0.5) is 5.69 Å². The third kappa shape index (κ3) is 6.19. The molecule has 1 aromatic heterocycles. The number of anilines is 1. The number of benzene rings is 2. The molecule has 1 unspecified atom stereocenters. The number of nitrogens with zero attached hydrogens (tertiary/aromatic N) is 2. The monoisotopic (exact) mass is 451 g/mol. The second-order valence-electron chi connectivity index (χ2n) is 8.28. The summed E-state index contributed by atoms with van der Waals surface area (Å²) < 4.78 is 0. The molecule has 6 heteroatoms. The molecule has 1 aliphatic rings. The summed E-state index contributed by atoms with van der Waals surface area (Å²) in [5.74, 6) is 1.47. The van der Waals surface area contributed by atoms with E-state index in [-0.39, 0.29) is 5.91 Å². The summed E-state index contributed by atoms with van der Waals surface area (Å²) in [6.45, 7) is 7.68. The Labute approximate surface area is 193 Å². The molecular formula is C25H29N3OS2. The van der Waals surface area contributed by atoms with Crippen LogP contribution in [0.3, 0.4) is 0 Å². The molecule has 1 amide bonds. The van der Waals surface area contributed by atoms with Crippen LogP contribution < -0.4 is 5.32 Å². The maximum Gasteiger partial charge on any atom is 0.256 e. The van der Waals surface area contributed by atoms with Crippen LogP contribution in [0.2, 0.25) is 0 Å². The highest BCUT2D eigenvalue weighted by Crippen LogP contribution is 2.27. The zero-order valence-corrected chi connectivity index (χ0v) is 19.8. The Morgan fingerprint density at radius 3 is 2.77 bits per heavy atom. The van der Waals surface area contributed by atoms with Crippen molar-refractivity contribution in [2.24, 2.45) is 5.92 Å². The molecule has 31 heavy (non-hydrogen) atoms. The van der Waals surface area contributed by atoms with Gasteiger partial charge in [0, 0.05) is 34.8 Å². The fourth-order valence-electron chi connectivity index (χ4n) is 3.99. The second kappa shape index (κ2) is 10.4. The largest absolute Gasteiger partial charge is 0.322 e. The lowest BCUT2D eigenvalue weighted by atomic mass is 10.00. The van der Waals surface area contributed by atoms with Crippen LogP contribution in [0.1, 0.15) is 46.4 Å². The first-order valence-electron chi connectivity index (χ1n) is 10.8. The van der Waals surface area contributed by atoms with E-state index in [9.17, 15) is 4.79 Å². The first kappa shape index (κ1) is 22.1. The number of piperidine rings is 1. The van der Waals surface area contributed by atoms with Crippen LogP contribution in [0.15, 0.2) is 58.8 Å². The highest BCUT2D eigenvalue weighted by Gasteiger charge is 2.16. The van der Waals surface area contributed by atoms with Crippen molar-refractivity contribution in [3.8, 4) is 0 Å². The van der Waals surface area contributed by atoms with E-state index in [1.54, 1.807) is 23.1 Å². The highest BCUT2D eigenvalue weighted by atomic mass is 32.2. The maximum atomic E-state index is 12.9. The SMILES string of the molecule is Cc1nc(CSc2ccccc2C(=O)Nc2ccc(CN3CCCC(C)C3)cc2)cs1. The van der Waals surface area contributed by atoms with Crippen LogP contribution in [0.5, 0.6) is 0 Å². The minimum absolute atomic E-state index is 0.0739. The third-order valence-electron chi connectivity index (χ3n) is 5.53. The van der Waals surface area contributed by atoms with Crippen molar-refractivity contribution in [3.63, 3.8) is 0 Å². The van der Waals surface area contributed by atoms with Crippen molar-refractivity contribution in [1.29, 1.82) is 0 Å². The van der Waals surface area contributed by atoms with Crippen LogP contribution in [-0.2, 0) is 12.3 Å². The van der Waals surface area contributed by atoms with Gasteiger partial charge in [-0.15, -0.1) is 23.1 Å². The summed E-state index contributed by atoms with van der Waals surface area (Å²) in [7, 11) is 0. The van der Waals surface area contributed by atoms with Crippen molar-refractivity contribution in [1.82, 2.24) is 9.88 Å². The number of likely N-dealkylation sites (tertiary alicyclic amines) is 1. The van der Waals surface area contributed by atoms with Crippen molar-refractivity contribution in [3.05, 3.63) is 75.7 Å². The molecule has 2 heterocycles. The van der Waals surface area contributed by atoms with Gasteiger partial charge in [-0.2, -0.15) is 0 Å². The lowest BCUT2D eigenvalue weighted by molar-refractivity contribution is 0.102. The van der Waals surface area contributed by atoms with E-state index in [1.807, 2.05) is 43.3 Å². The van der Waals surface area contributed by atoms with Gasteiger partial charge in [-0.25, -0.2) is 4.98 Å². The average molecular weight is 452 g/mol. The Bertz CT molecular complexity index is 1020. The molecule has 4 nitrogen and oxygen atoms in total. The predicted molar refractivity (Wildman–Crippen MR) is 131 cm³/mol. The van der Waals surface area contributed by atoms with Crippen LogP contribution in [-0.4, -0.2) is 28.9 Å². The fourth-order valence-corrected chi connectivity index (χ4v) is 5.65. The summed E-state index contributed by atoms with van der Waals surface area (Å²) in [6.07, 6.45) is 2.62. The summed E-state index contributed by atoms with van der Waals surface area (Å²) in [5.41, 5.74) is 3.88. The molecule has 1 N–H and O–H groups in total. The molecule has 162 valence electrons. The quantitative estimate of drug-likeness (QED) is 0.433. The molecule has 1 saturated heterocycles. The molecule has 1 fully saturated rings. The number of nitrogens with one attached hydrogen (secondary N) is 1. The van der Waals surface area contributed by atoms with Gasteiger partial charge in [-0.3, -0.25) is 9.69 Å². The van der Waals surface area contributed by atoms with E-state index >= 15 is 0 Å². The van der Waals surface area contributed by atoms with Gasteiger partial charge in [-0.1, -0.05) is 31.2 Å². The van der Waals surface area contributed by atoms with Gasteiger partial charge in [-0.05, 0) is 62.1 Å². The zero-order valence-electron chi connectivity index (χ0n) is 18.1. The predicted octanol–water partition coefficient (Wildman–Crippen LogP) is 6.23. The number of thioether (sulfide) groups is 1. The van der Waals surface area contributed by atoms with Crippen molar-refractivity contribution in [2.45, 2.75) is 43.9 Å². The first-order valence-corrected chi connectivity index (χ1v) is 12.7. The van der Waals surface area contributed by atoms with Gasteiger partial charge < -0.3 is 5.32 Å². The highest BCUT2D eigenvalue weighted by molar-refractivity contribution is 7.98. The smallest absolute Gasteiger partial charge is 0.256 e. The van der Waals surface area contributed by atoms with E-state index < -0.39 is 0 Å². The molecule has 0 spiro atoms. The fraction of sp³-hybridized carbons (Fsp3) is 0.360. The summed E-state index contributed by atoms with van der Waals surface area (Å²) >= 11 is 3.31. The minimum atomic E-state index is -0.0739. The Morgan fingerprint density at radius 2 is 2.03 bits per heavy atom. The second-order valence-corrected chi connectivity index (χ2v) is 10.4. The summed E-state index contributed by atoms with van der Waals surface area (Å²) in [6, 6.07) is 16.0. The molecule has 0 aliphatic carbocycles. The Morgan fingerprint density at radius 1 is 1.23 bits per heavy atom. The van der Waals surface area contributed by atoms with Gasteiger partial charge in [0.25, 0.3) is 5.91 Å². The number of amides is 1. The standard InChI is InChI=1S/C25H29N3OS2/c1-18-6-5-13-28(14-18)15-20-9-11-21(12-10-20)27-25(29)23-7-3-4-8-24(23)31-17-22-16-30-19(2)26-22/h3-4,7-12,16,18H,5-6,13-15,17H2,1-2H3,(H,27,29). The number of hydrogen-bond donors (Lipinski definition) is 1. The molecule has 1 atom stereocenters. The third-order valence-corrected chi connectivity index (χ3v) is 7.46. The molecular weight excluding hydrogens is 422 g/mol. The Balaban J connectivity index is 1.36. The van der Waals surface area contributed by atoms with Crippen molar-refractivity contribution in [2.75, 3.05) is 18.4 Å². The van der Waals surface area contributed by atoms with Gasteiger partial charge in [0.15, 0.2) is 0 Å². The first-order chi connectivity index (χ1) is 15.1. The molecule has 0 bridgehead atoms. The molecule has 0 radical (unpaired) electrons. The molecule has 2 aromatic carbocycles. The number of hydrogen-bond acceptors (Lipinski definition) is 5. The number of rotatable bonds is 7. The van der Waals surface area contributed by atoms with Crippen molar-refractivity contribution >= 4 is 34.7 Å². The zero-order chi connectivity index (χ0) is 21.6. The summed E-state index contributed by atoms with van der Waals surface area (Å²) in [5, 5.41) is 6.21. The number of aromatic nitrogens is 1. The van der Waals surface area contributed by atoms with Gasteiger partial charge in [0.05, 0.1) is 16.3 Å². The molecule has 0 saturated carbocycles. The topological polar surface area (TPSA) is 45.2 Å². The Hall–Kier alpha value is -2.15. The van der Waals surface area contributed by atoms with E-state index in [1.165, 1.54) is 31.5 Å². The normalized spacial score (nSPS) is 16.9. The maximum absolute atomic E-state index is 12.9. The Kier molecular flexibility index (Phi) is 7.43. The number of carbonyl (C=O) groups is 1. The van der Waals surface area contributed by atoms with Gasteiger partial charge in [0.1, 0.15) is 0 Å². The lowest BCUT2D eigenvalue weighted by Crippen LogP contribution is -2.33. The molecule has 1 aliphatic heterocycles. The molecule has 3 aromatic rings. The molecule has 4 rings (SSSR count). The van der Waals surface area contributed by atoms with Crippen LogP contribution in [0, 0.1) is 12.8 Å². The summed E-state index contributed by atoms with van der Waals surface area (Å²) in [4.78, 5) is 21.0. The van der Waals surface area contributed by atoms with Gasteiger partial charge in [0.2, 0.25) is 0 Å². The number of carbonyl (C=O) groups excluding carboxylic acids is 1. The van der Waals surface area contributed by atoms with E-state index in [0.29, 0.717) is 5.56 Å². The number of thiazole rings is 1. The van der Waals surface area contributed by atoms with Crippen LogP contribution >= 0.6 is 23.1 Å². The minimum Gasteiger partial charge on any atom is -0.322 e. The number of aryl methyl sites for hydroxylation is 1.